The fourth-order valence-electron chi connectivity index (χ4n) is 6.25. The summed E-state index contributed by atoms with van der Waals surface area (Å²) in [6.45, 7) is 9.46. The predicted octanol–water partition coefficient (Wildman–Crippen LogP) is 3.37. The lowest BCUT2D eigenvalue weighted by Crippen LogP contribution is -2.52. The van der Waals surface area contributed by atoms with E-state index < -0.39 is 6.10 Å². The maximum atomic E-state index is 12.9. The van der Waals surface area contributed by atoms with Crippen molar-refractivity contribution in [1.29, 1.82) is 0 Å². The number of aliphatic imine (C=N–C) groups is 1. The molecule has 2 aliphatic heterocycles. The number of carbonyl (C=O) groups is 1. The van der Waals surface area contributed by atoms with Crippen molar-refractivity contribution in [2.24, 2.45) is 16.3 Å². The average Bonchev–Trinajstić information content (AvgIpc) is 3.44. The van der Waals surface area contributed by atoms with Crippen LogP contribution in [0.1, 0.15) is 68.4 Å². The molecule has 3 heterocycles. The van der Waals surface area contributed by atoms with Gasteiger partial charge in [-0.25, -0.2) is 4.98 Å². The highest BCUT2D eigenvalue weighted by Crippen LogP contribution is 2.43. The molecule has 9 heteroatoms. The third-order valence-corrected chi connectivity index (χ3v) is 8.87. The second-order valence-corrected chi connectivity index (χ2v) is 11.9. The topological polar surface area (TPSA) is 112 Å². The molecule has 1 aromatic heterocycles. The quantitative estimate of drug-likeness (QED) is 0.403. The fraction of sp³-hybridized carbons (Fsp3) is 0.633. The second-order valence-electron chi connectivity index (χ2n) is 11.9. The number of fused-ring (bicyclic) bond motifs is 1. The van der Waals surface area contributed by atoms with Gasteiger partial charge in [0.15, 0.2) is 12.2 Å². The number of hydrogen-bond acceptors (Lipinski definition) is 8. The van der Waals surface area contributed by atoms with Crippen LogP contribution in [0.4, 0.5) is 0 Å². The molecule has 1 fully saturated rings. The van der Waals surface area contributed by atoms with Crippen molar-refractivity contribution in [3.05, 3.63) is 47.2 Å². The van der Waals surface area contributed by atoms with Gasteiger partial charge in [-0.05, 0) is 67.2 Å². The molecule has 1 amide bonds. The summed E-state index contributed by atoms with van der Waals surface area (Å²) in [4.78, 5) is 23.6. The van der Waals surface area contributed by atoms with Crippen LogP contribution in [0.15, 0.2) is 34.1 Å². The summed E-state index contributed by atoms with van der Waals surface area (Å²) in [5.41, 5.74) is 4.18. The first-order chi connectivity index (χ1) is 18.8. The number of β-amino-alcohol motifs (C(OH)–C–C–N with tert-alkyl or cyclic N) is 1. The Morgan fingerprint density at radius 3 is 2.97 bits per heavy atom. The predicted molar refractivity (Wildman–Crippen MR) is 150 cm³/mol. The number of nitrogens with zero attached hydrogens (tertiary/aromatic N) is 3. The minimum Gasteiger partial charge on any atom is -0.485 e. The highest BCUT2D eigenvalue weighted by atomic mass is 16.5. The third-order valence-electron chi connectivity index (χ3n) is 8.87. The van der Waals surface area contributed by atoms with Crippen molar-refractivity contribution in [3.63, 3.8) is 0 Å². The standard InChI is InChI=1S/C30H43N5O4/c1-4-30(3)12-23(13-30)34-28-11-21(7-9-32-28)29(37)33-14-24(36)17-35-10-8-26-20(2)27(6-5-22(26)16-35)38-18-25-15-31-19-39-25/h5-6,9,15,19,21,23-24,28,34,36H,4,7-8,10-14,16-18H2,1-3H3,(H,33,37)/t21?,23?,24-,28?,30?/m0/s1. The lowest BCUT2D eigenvalue weighted by Gasteiger charge is -2.46. The molecule has 1 aromatic carbocycles. The van der Waals surface area contributed by atoms with Crippen LogP contribution in [0.5, 0.6) is 5.75 Å². The van der Waals surface area contributed by atoms with Crippen LogP contribution in [0.3, 0.4) is 0 Å². The van der Waals surface area contributed by atoms with Gasteiger partial charge in [0, 0.05) is 44.4 Å². The van der Waals surface area contributed by atoms with Crippen molar-refractivity contribution in [2.75, 3.05) is 19.6 Å². The molecule has 2 unspecified atom stereocenters. The van der Waals surface area contributed by atoms with Gasteiger partial charge in [0.05, 0.1) is 18.5 Å². The van der Waals surface area contributed by atoms with E-state index in [4.69, 9.17) is 9.15 Å². The molecule has 3 aliphatic rings. The van der Waals surface area contributed by atoms with E-state index in [0.717, 1.165) is 30.8 Å². The van der Waals surface area contributed by atoms with E-state index in [1.165, 1.54) is 36.8 Å². The molecule has 212 valence electrons. The van der Waals surface area contributed by atoms with Gasteiger partial charge >= 0.3 is 0 Å². The van der Waals surface area contributed by atoms with E-state index in [0.29, 0.717) is 43.2 Å². The summed E-state index contributed by atoms with van der Waals surface area (Å²) in [6.07, 6.45) is 10.2. The smallest absolute Gasteiger partial charge is 0.223 e. The van der Waals surface area contributed by atoms with E-state index in [1.54, 1.807) is 6.20 Å². The van der Waals surface area contributed by atoms with Gasteiger partial charge in [-0.1, -0.05) is 26.3 Å². The monoisotopic (exact) mass is 537 g/mol. The maximum Gasteiger partial charge on any atom is 0.223 e. The third kappa shape index (κ3) is 6.88. The van der Waals surface area contributed by atoms with Crippen LogP contribution in [0, 0.1) is 18.3 Å². The molecule has 0 saturated heterocycles. The van der Waals surface area contributed by atoms with Crippen molar-refractivity contribution in [2.45, 2.75) is 90.8 Å². The summed E-state index contributed by atoms with van der Waals surface area (Å²) >= 11 is 0. The number of oxazole rings is 1. The molecule has 0 spiro atoms. The number of rotatable bonds is 11. The van der Waals surface area contributed by atoms with Crippen LogP contribution >= 0.6 is 0 Å². The van der Waals surface area contributed by atoms with Crippen molar-refractivity contribution in [3.8, 4) is 5.75 Å². The minimum atomic E-state index is -0.617. The van der Waals surface area contributed by atoms with Crippen LogP contribution < -0.4 is 15.4 Å². The molecular formula is C30H43N5O4. The summed E-state index contributed by atoms with van der Waals surface area (Å²) in [5, 5.41) is 17.3. The Kier molecular flexibility index (Phi) is 8.69. The number of aliphatic hydroxyl groups excluding tert-OH is 1. The van der Waals surface area contributed by atoms with Crippen LogP contribution in [0.25, 0.3) is 0 Å². The molecule has 5 rings (SSSR count). The SMILES string of the molecule is CCC1(C)CC(NC2CC(C(=O)NC[C@H](O)CN3CCc4c(ccc(OCc5cnco5)c4C)C3)CC=N2)C1. The molecule has 3 atom stereocenters. The van der Waals surface area contributed by atoms with Gasteiger partial charge in [-0.15, -0.1) is 0 Å². The number of amides is 1. The zero-order chi connectivity index (χ0) is 27.4. The Hall–Kier alpha value is -2.75. The average molecular weight is 538 g/mol. The molecule has 2 aromatic rings. The minimum absolute atomic E-state index is 0.00997. The van der Waals surface area contributed by atoms with E-state index in [-0.39, 0.29) is 24.5 Å². The lowest BCUT2D eigenvalue weighted by atomic mass is 9.65. The van der Waals surface area contributed by atoms with Gasteiger partial charge in [0.2, 0.25) is 5.91 Å². The zero-order valence-corrected chi connectivity index (χ0v) is 23.5. The number of aromatic nitrogens is 1. The number of nitrogens with one attached hydrogen (secondary N) is 2. The largest absolute Gasteiger partial charge is 0.485 e. The highest BCUT2D eigenvalue weighted by molar-refractivity contribution is 5.82. The fourth-order valence-corrected chi connectivity index (χ4v) is 6.25. The van der Waals surface area contributed by atoms with Gasteiger partial charge in [-0.3, -0.25) is 20.0 Å². The first-order valence-corrected chi connectivity index (χ1v) is 14.4. The number of ether oxygens (including phenoxy) is 1. The van der Waals surface area contributed by atoms with Crippen LogP contribution in [0.2, 0.25) is 0 Å². The normalized spacial score (nSPS) is 27.4. The molecular weight excluding hydrogens is 494 g/mol. The summed E-state index contributed by atoms with van der Waals surface area (Å²) in [7, 11) is 0. The lowest BCUT2D eigenvalue weighted by molar-refractivity contribution is -0.125. The first-order valence-electron chi connectivity index (χ1n) is 14.4. The van der Waals surface area contributed by atoms with Gasteiger partial charge in [0.1, 0.15) is 12.4 Å². The van der Waals surface area contributed by atoms with Gasteiger partial charge < -0.3 is 19.6 Å². The van der Waals surface area contributed by atoms with Crippen molar-refractivity contribution in [1.82, 2.24) is 20.5 Å². The summed E-state index contributed by atoms with van der Waals surface area (Å²) in [6, 6.07) is 4.62. The van der Waals surface area contributed by atoms with Gasteiger partial charge in [-0.2, -0.15) is 0 Å². The molecule has 1 aliphatic carbocycles. The maximum absolute atomic E-state index is 12.9. The Morgan fingerprint density at radius 2 is 2.21 bits per heavy atom. The number of aliphatic hydroxyl groups is 1. The molecule has 0 radical (unpaired) electrons. The Balaban J connectivity index is 1.04. The molecule has 1 saturated carbocycles. The van der Waals surface area contributed by atoms with E-state index in [1.807, 2.05) is 12.3 Å². The van der Waals surface area contributed by atoms with E-state index >= 15 is 0 Å². The molecule has 0 bridgehead atoms. The molecule has 9 nitrogen and oxygen atoms in total. The zero-order valence-electron chi connectivity index (χ0n) is 23.5. The van der Waals surface area contributed by atoms with Crippen molar-refractivity contribution < 1.29 is 19.1 Å². The number of benzene rings is 1. The first kappa shape index (κ1) is 27.8. The summed E-state index contributed by atoms with van der Waals surface area (Å²) < 4.78 is 11.2. The van der Waals surface area contributed by atoms with E-state index in [9.17, 15) is 9.90 Å². The number of carbonyl (C=O) groups excluding carboxylic acids is 1. The highest BCUT2D eigenvalue weighted by Gasteiger charge is 2.40. The second kappa shape index (κ2) is 12.2. The van der Waals surface area contributed by atoms with Crippen molar-refractivity contribution >= 4 is 12.1 Å². The van der Waals surface area contributed by atoms with Gasteiger partial charge in [0.25, 0.3) is 0 Å². The van der Waals surface area contributed by atoms with E-state index in [2.05, 4.69) is 52.3 Å². The Labute approximate surface area is 231 Å². The Bertz CT molecular complexity index is 1140. The molecule has 39 heavy (non-hydrogen) atoms. The van der Waals surface area contributed by atoms with Crippen LogP contribution in [-0.2, 0) is 24.4 Å². The molecule has 3 N–H and O–H groups in total. The Morgan fingerprint density at radius 1 is 1.36 bits per heavy atom. The number of hydrogen-bond donors (Lipinski definition) is 3. The summed E-state index contributed by atoms with van der Waals surface area (Å²) in [5.74, 6) is 1.46. The van der Waals surface area contributed by atoms with Crippen LogP contribution in [-0.4, -0.2) is 65.1 Å².